The summed E-state index contributed by atoms with van der Waals surface area (Å²) in [6.45, 7) is 0. The maximum Gasteiger partial charge on any atom is 0.352 e. The van der Waals surface area contributed by atoms with Gasteiger partial charge in [-0.15, -0.1) is 33.3 Å². The van der Waals surface area contributed by atoms with E-state index in [9.17, 15) is 24.7 Å². The molecule has 0 saturated carbocycles. The van der Waals surface area contributed by atoms with Crippen molar-refractivity contribution in [2.24, 2.45) is 10.9 Å². The zero-order valence-corrected chi connectivity index (χ0v) is 22.0. The molecule has 0 bridgehead atoms. The van der Waals surface area contributed by atoms with E-state index in [0.29, 0.717) is 25.8 Å². The number of thiazole rings is 1. The minimum absolute atomic E-state index is 0.0239. The average Bonchev–Trinajstić information content (AvgIpc) is 3.48. The molecule has 2 amide bonds. The number of hydrogen-bond acceptors (Lipinski definition) is 15. The minimum Gasteiger partial charge on any atom is -0.477 e. The molecule has 19 heteroatoms. The number of carboxylic acids is 1. The zero-order valence-electron chi connectivity index (χ0n) is 17.9. The number of nitrogens with zero attached hydrogens (tertiary/aromatic N) is 5. The molecule has 190 valence electrons. The van der Waals surface area contributed by atoms with Gasteiger partial charge in [0.2, 0.25) is 0 Å². The summed E-state index contributed by atoms with van der Waals surface area (Å²) in [5.74, 6) is -1.75. The molecule has 0 aliphatic carbocycles. The van der Waals surface area contributed by atoms with Crippen LogP contribution < -0.4 is 16.8 Å². The Bertz CT molecular complexity index is 1290. The Hall–Kier alpha value is -2.87. The molecule has 2 atom stereocenters. The van der Waals surface area contributed by atoms with Gasteiger partial charge in [0.1, 0.15) is 28.6 Å². The fourth-order valence-electron chi connectivity index (χ4n) is 3.22. The molecule has 0 radical (unpaired) electrons. The second-order valence-electron chi connectivity index (χ2n) is 7.07. The summed E-state index contributed by atoms with van der Waals surface area (Å²) in [4.78, 5) is 42.6. The van der Waals surface area contributed by atoms with Gasteiger partial charge >= 0.3 is 5.97 Å². The normalized spacial score (nSPS) is 19.6. The number of carboxylic acid groups (broad SMARTS) is 1. The van der Waals surface area contributed by atoms with Gasteiger partial charge in [0.25, 0.3) is 11.8 Å². The molecule has 0 aromatic carbocycles. The number of nitrogens with two attached hydrogens (primary N) is 2. The van der Waals surface area contributed by atoms with Crippen LogP contribution in [0.15, 0.2) is 30.5 Å². The summed E-state index contributed by atoms with van der Waals surface area (Å²) in [6.07, 6.45) is 0. The lowest BCUT2D eigenvalue weighted by atomic mass is 10.0. The van der Waals surface area contributed by atoms with Gasteiger partial charge in [-0.25, -0.2) is 9.78 Å². The molecule has 14 nitrogen and oxygen atoms in total. The maximum absolute atomic E-state index is 12.9. The highest BCUT2D eigenvalue weighted by Gasteiger charge is 2.54. The van der Waals surface area contributed by atoms with E-state index in [1.54, 1.807) is 0 Å². The van der Waals surface area contributed by atoms with Gasteiger partial charge in [0, 0.05) is 16.9 Å². The third kappa shape index (κ3) is 5.43. The Morgan fingerprint density at radius 2 is 2.06 bits per heavy atom. The first-order valence-corrected chi connectivity index (χ1v) is 14.5. The summed E-state index contributed by atoms with van der Waals surface area (Å²) in [6, 6.07) is -0.997. The Labute approximate surface area is 223 Å². The number of nitrogens with one attached hydrogen (secondary N) is 2. The third-order valence-electron chi connectivity index (χ3n) is 4.72. The first-order valence-electron chi connectivity index (χ1n) is 9.75. The van der Waals surface area contributed by atoms with Crippen molar-refractivity contribution in [3.05, 3.63) is 22.3 Å². The second kappa shape index (κ2) is 11.0. The zero-order chi connectivity index (χ0) is 26.0. The molecular formula is C17H17N9O5S5. The summed E-state index contributed by atoms with van der Waals surface area (Å²) in [5, 5.41) is 40.9. The number of β-lactam (4-membered cyclic amide) rings is 1. The lowest BCUT2D eigenvalue weighted by molar-refractivity contribution is -0.150. The van der Waals surface area contributed by atoms with E-state index in [1.165, 1.54) is 52.0 Å². The fraction of sp³-hybridized carbons (Fsp3) is 0.294. The molecule has 4 rings (SSSR count). The van der Waals surface area contributed by atoms with Crippen LogP contribution in [0.3, 0.4) is 0 Å². The highest BCUT2D eigenvalue weighted by atomic mass is 32.2. The Balaban J connectivity index is 1.42. The summed E-state index contributed by atoms with van der Waals surface area (Å²) < 4.78 is 1.25. The molecule has 2 aromatic heterocycles. The van der Waals surface area contributed by atoms with Crippen LogP contribution in [0.4, 0.5) is 5.13 Å². The number of hydrogen-bond donors (Lipinski definition) is 6. The molecule has 2 aliphatic heterocycles. The van der Waals surface area contributed by atoms with Crippen molar-refractivity contribution in [2.45, 2.75) is 20.1 Å². The molecule has 0 spiro atoms. The summed E-state index contributed by atoms with van der Waals surface area (Å²) in [5.41, 5.74) is 11.0. The van der Waals surface area contributed by atoms with Crippen molar-refractivity contribution in [2.75, 3.05) is 23.0 Å². The van der Waals surface area contributed by atoms with E-state index in [1.807, 2.05) is 0 Å². The van der Waals surface area contributed by atoms with Crippen LogP contribution in [0.1, 0.15) is 5.69 Å². The molecule has 2 aliphatic rings. The molecule has 0 unspecified atom stereocenters. The summed E-state index contributed by atoms with van der Waals surface area (Å²) >= 11 is 6.25. The quantitative estimate of drug-likeness (QED) is 0.0549. The number of nitrogen functional groups attached to an aromatic ring is 1. The number of carbonyl (C=O) groups excluding carboxylic acids is 2. The molecule has 1 fully saturated rings. The van der Waals surface area contributed by atoms with Gasteiger partial charge in [-0.2, -0.15) is 0 Å². The van der Waals surface area contributed by atoms with E-state index in [0.717, 1.165) is 16.2 Å². The van der Waals surface area contributed by atoms with E-state index in [-0.39, 0.29) is 28.1 Å². The van der Waals surface area contributed by atoms with Crippen LogP contribution in [-0.4, -0.2) is 88.4 Å². The second-order valence-corrected chi connectivity index (χ2v) is 12.5. The van der Waals surface area contributed by atoms with Crippen molar-refractivity contribution in [1.29, 1.82) is 5.41 Å². The van der Waals surface area contributed by atoms with Crippen molar-refractivity contribution < 1.29 is 24.7 Å². The molecule has 36 heavy (non-hydrogen) atoms. The predicted molar refractivity (Wildman–Crippen MR) is 138 cm³/mol. The molecule has 4 heterocycles. The smallest absolute Gasteiger partial charge is 0.352 e. The van der Waals surface area contributed by atoms with Crippen molar-refractivity contribution in [3.8, 4) is 0 Å². The standard InChI is InChI=1S/C17H17N9O5S5/c18-7(19)4-35-17-24-23-16(36-17)34-2-5-1-32-13-9(12(28)26(13)10(5)14(29)30)22-11(27)8(25-31)6-3-33-15(20)21-6/h3,9,13,31H,1-2,4H2,(H3,18,19)(H2,20,21)(H,22,27)(H,29,30)/b25-8+/t9-,13-/m1/s1. The van der Waals surface area contributed by atoms with Crippen molar-refractivity contribution in [3.63, 3.8) is 0 Å². The van der Waals surface area contributed by atoms with Gasteiger partial charge in [0.15, 0.2) is 19.5 Å². The number of oxime groups is 1. The van der Waals surface area contributed by atoms with E-state index >= 15 is 0 Å². The molecule has 1 saturated heterocycles. The Kier molecular flexibility index (Phi) is 8.03. The highest BCUT2D eigenvalue weighted by molar-refractivity contribution is 8.03. The number of rotatable bonds is 10. The monoisotopic (exact) mass is 587 g/mol. The summed E-state index contributed by atoms with van der Waals surface area (Å²) in [7, 11) is 0. The van der Waals surface area contributed by atoms with Gasteiger partial charge in [-0.1, -0.05) is 40.0 Å². The SMILES string of the molecule is N=C(N)CSc1nnc(SCC2=C(C(=O)O)N3C(=O)[C@@H](NC(=O)/C(=N/O)c4csc(N)n4)[C@H]3SC2)s1. The van der Waals surface area contributed by atoms with E-state index in [2.05, 4.69) is 25.7 Å². The number of aromatic nitrogens is 3. The van der Waals surface area contributed by atoms with Crippen molar-refractivity contribution >= 4 is 92.4 Å². The average molecular weight is 588 g/mol. The number of anilines is 1. The first-order chi connectivity index (χ1) is 17.2. The van der Waals surface area contributed by atoms with E-state index in [4.69, 9.17) is 16.9 Å². The number of thioether (sulfide) groups is 3. The highest BCUT2D eigenvalue weighted by Crippen LogP contribution is 2.42. The first kappa shape index (κ1) is 26.2. The van der Waals surface area contributed by atoms with Crippen LogP contribution in [0, 0.1) is 5.41 Å². The minimum atomic E-state index is -1.25. The van der Waals surface area contributed by atoms with Crippen LogP contribution in [-0.2, 0) is 14.4 Å². The molecular weight excluding hydrogens is 571 g/mol. The number of fused-ring (bicyclic) bond motifs is 1. The predicted octanol–water partition coefficient (Wildman–Crippen LogP) is 0.314. The third-order valence-corrected chi connectivity index (χ3v) is 10.1. The topological polar surface area (TPSA) is 234 Å². The van der Waals surface area contributed by atoms with Gasteiger partial charge in [-0.3, -0.25) is 19.9 Å². The molecule has 2 aromatic rings. The Morgan fingerprint density at radius 3 is 2.67 bits per heavy atom. The van der Waals surface area contributed by atoms with Crippen LogP contribution in [0.2, 0.25) is 0 Å². The molecule has 8 N–H and O–H groups in total. The van der Waals surface area contributed by atoms with Crippen LogP contribution >= 0.6 is 58.0 Å². The van der Waals surface area contributed by atoms with Gasteiger partial charge in [0.05, 0.1) is 5.75 Å². The van der Waals surface area contributed by atoms with Gasteiger partial charge in [-0.05, 0) is 5.57 Å². The van der Waals surface area contributed by atoms with Gasteiger partial charge < -0.3 is 27.1 Å². The largest absolute Gasteiger partial charge is 0.477 e. The lowest BCUT2D eigenvalue weighted by Gasteiger charge is -2.49. The number of amides is 2. The lowest BCUT2D eigenvalue weighted by Crippen LogP contribution is -2.71. The maximum atomic E-state index is 12.9. The van der Waals surface area contributed by atoms with Crippen molar-refractivity contribution in [1.82, 2.24) is 25.4 Å². The Morgan fingerprint density at radius 1 is 1.33 bits per heavy atom. The number of aliphatic carboxylic acids is 1. The fourth-order valence-corrected chi connectivity index (χ4v) is 8.02. The number of amidine groups is 1. The number of carbonyl (C=O) groups is 3. The van der Waals surface area contributed by atoms with E-state index < -0.39 is 34.9 Å². The van der Waals surface area contributed by atoms with Crippen LogP contribution in [0.5, 0.6) is 0 Å². The van der Waals surface area contributed by atoms with Crippen LogP contribution in [0.25, 0.3) is 0 Å².